The molecule has 0 N–H and O–H groups in total. The van der Waals surface area contributed by atoms with Crippen molar-refractivity contribution in [3.63, 3.8) is 0 Å². The van der Waals surface area contributed by atoms with Gasteiger partial charge in [-0.05, 0) is 25.5 Å². The fourth-order valence-corrected chi connectivity index (χ4v) is 4.24. The summed E-state index contributed by atoms with van der Waals surface area (Å²) in [5.74, 6) is 1.60. The summed E-state index contributed by atoms with van der Waals surface area (Å²) in [6, 6.07) is 8.38. The van der Waals surface area contributed by atoms with Gasteiger partial charge >= 0.3 is 5.97 Å². The predicted octanol–water partition coefficient (Wildman–Crippen LogP) is 3.55. The van der Waals surface area contributed by atoms with Gasteiger partial charge in [-0.2, -0.15) is 11.8 Å². The van der Waals surface area contributed by atoms with E-state index in [2.05, 4.69) is 29.7 Å². The molecule has 0 saturated carbocycles. The highest BCUT2D eigenvalue weighted by molar-refractivity contribution is 7.98. The van der Waals surface area contributed by atoms with Gasteiger partial charge in [0.1, 0.15) is 0 Å². The largest absolute Gasteiger partial charge is 0.465 e. The first-order valence-corrected chi connectivity index (χ1v) is 8.27. The number of aryl methyl sites for hydroxylation is 1. The van der Waals surface area contributed by atoms with Gasteiger partial charge in [0, 0.05) is 34.6 Å². The SMILES string of the molecule is CCOC(=O)C1CSCc2c1c1ccccc1n2CC. The van der Waals surface area contributed by atoms with Crippen LogP contribution in [0.4, 0.5) is 0 Å². The van der Waals surface area contributed by atoms with Crippen molar-refractivity contribution in [1.29, 1.82) is 0 Å². The Morgan fingerprint density at radius 3 is 2.95 bits per heavy atom. The highest BCUT2D eigenvalue weighted by Crippen LogP contribution is 2.40. The minimum absolute atomic E-state index is 0.0834. The predicted molar refractivity (Wildman–Crippen MR) is 83.1 cm³/mol. The second-order valence-corrected chi connectivity index (χ2v) is 5.97. The summed E-state index contributed by atoms with van der Waals surface area (Å²) < 4.78 is 7.60. The molecular formula is C16H19NO2S. The topological polar surface area (TPSA) is 31.2 Å². The Balaban J connectivity index is 2.20. The maximum absolute atomic E-state index is 12.3. The monoisotopic (exact) mass is 289 g/mol. The van der Waals surface area contributed by atoms with Crippen LogP contribution in [-0.4, -0.2) is 22.9 Å². The number of para-hydroxylation sites is 1. The molecular weight excluding hydrogens is 270 g/mol. The molecule has 0 bridgehead atoms. The van der Waals surface area contributed by atoms with E-state index in [1.54, 1.807) is 0 Å². The maximum Gasteiger partial charge on any atom is 0.314 e. The fourth-order valence-electron chi connectivity index (χ4n) is 3.07. The van der Waals surface area contributed by atoms with E-state index < -0.39 is 0 Å². The lowest BCUT2D eigenvalue weighted by molar-refractivity contribution is -0.144. The summed E-state index contributed by atoms with van der Waals surface area (Å²) in [4.78, 5) is 12.3. The molecule has 1 aliphatic heterocycles. The number of carbonyl (C=O) groups is 1. The standard InChI is InChI=1S/C16H19NO2S/c1-3-17-13-8-6-5-7-11(13)15-12(16(18)19-4-2)9-20-10-14(15)17/h5-8,12H,3-4,9-10H2,1-2H3. The molecule has 3 rings (SSSR count). The van der Waals surface area contributed by atoms with Crippen LogP contribution in [0.1, 0.15) is 31.0 Å². The quantitative estimate of drug-likeness (QED) is 0.810. The van der Waals surface area contributed by atoms with E-state index in [0.29, 0.717) is 6.61 Å². The van der Waals surface area contributed by atoms with E-state index >= 15 is 0 Å². The third-order valence-corrected chi connectivity index (χ3v) is 4.93. The fraction of sp³-hybridized carbons (Fsp3) is 0.438. The third kappa shape index (κ3) is 2.03. The number of hydrogen-bond acceptors (Lipinski definition) is 3. The Kier molecular flexibility index (Phi) is 3.74. The van der Waals surface area contributed by atoms with Crippen LogP contribution in [0.25, 0.3) is 10.9 Å². The lowest BCUT2D eigenvalue weighted by Crippen LogP contribution is -2.22. The maximum atomic E-state index is 12.3. The highest BCUT2D eigenvalue weighted by Gasteiger charge is 2.32. The van der Waals surface area contributed by atoms with Crippen molar-refractivity contribution in [2.45, 2.75) is 32.1 Å². The molecule has 2 heterocycles. The van der Waals surface area contributed by atoms with Gasteiger partial charge in [-0.1, -0.05) is 18.2 Å². The molecule has 0 aliphatic carbocycles. The Morgan fingerprint density at radius 1 is 1.40 bits per heavy atom. The molecule has 1 aromatic heterocycles. The van der Waals surface area contributed by atoms with E-state index in [4.69, 9.17) is 4.74 Å². The van der Waals surface area contributed by atoms with Crippen LogP contribution < -0.4 is 0 Å². The van der Waals surface area contributed by atoms with Gasteiger partial charge in [-0.15, -0.1) is 0 Å². The second kappa shape index (κ2) is 5.52. The molecule has 0 radical (unpaired) electrons. The summed E-state index contributed by atoms with van der Waals surface area (Å²) in [6.07, 6.45) is 0. The van der Waals surface area contributed by atoms with Crippen LogP contribution in [0.3, 0.4) is 0 Å². The molecule has 20 heavy (non-hydrogen) atoms. The Labute approximate surface area is 123 Å². The van der Waals surface area contributed by atoms with E-state index in [1.165, 1.54) is 22.2 Å². The zero-order valence-corrected chi connectivity index (χ0v) is 12.7. The van der Waals surface area contributed by atoms with E-state index in [-0.39, 0.29) is 11.9 Å². The Hall–Kier alpha value is -1.42. The molecule has 0 amide bonds. The normalized spacial score (nSPS) is 18.0. The minimum atomic E-state index is -0.124. The first kappa shape index (κ1) is 13.6. The lowest BCUT2D eigenvalue weighted by atomic mass is 9.97. The first-order valence-electron chi connectivity index (χ1n) is 7.12. The summed E-state index contributed by atoms with van der Waals surface area (Å²) >= 11 is 1.82. The van der Waals surface area contributed by atoms with Gasteiger partial charge in [-0.25, -0.2) is 0 Å². The van der Waals surface area contributed by atoms with E-state index in [9.17, 15) is 4.79 Å². The zero-order chi connectivity index (χ0) is 14.1. The van der Waals surface area contributed by atoms with Crippen molar-refractivity contribution in [1.82, 2.24) is 4.57 Å². The van der Waals surface area contributed by atoms with Gasteiger partial charge in [-0.3, -0.25) is 4.79 Å². The first-order chi connectivity index (χ1) is 9.77. The van der Waals surface area contributed by atoms with Crippen LogP contribution in [-0.2, 0) is 21.8 Å². The van der Waals surface area contributed by atoms with Crippen molar-refractivity contribution in [2.75, 3.05) is 12.4 Å². The van der Waals surface area contributed by atoms with Gasteiger partial charge in [0.25, 0.3) is 0 Å². The Morgan fingerprint density at radius 2 is 2.20 bits per heavy atom. The number of benzene rings is 1. The summed E-state index contributed by atoms with van der Waals surface area (Å²) in [5.41, 5.74) is 3.72. The van der Waals surface area contributed by atoms with Crippen molar-refractivity contribution < 1.29 is 9.53 Å². The average molecular weight is 289 g/mol. The number of aromatic nitrogens is 1. The van der Waals surface area contributed by atoms with Crippen LogP contribution in [0.2, 0.25) is 0 Å². The number of nitrogens with zero attached hydrogens (tertiary/aromatic N) is 1. The van der Waals surface area contributed by atoms with Gasteiger partial charge in [0.05, 0.1) is 12.5 Å². The number of rotatable bonds is 3. The number of esters is 1. The molecule has 0 spiro atoms. The molecule has 1 aliphatic rings. The van der Waals surface area contributed by atoms with Crippen LogP contribution in [0.5, 0.6) is 0 Å². The number of hydrogen-bond donors (Lipinski definition) is 0. The number of carbonyl (C=O) groups excluding carboxylic acids is 1. The lowest BCUT2D eigenvalue weighted by Gasteiger charge is -2.22. The molecule has 0 saturated heterocycles. The van der Waals surface area contributed by atoms with Gasteiger partial charge < -0.3 is 9.30 Å². The van der Waals surface area contributed by atoms with Crippen LogP contribution >= 0.6 is 11.8 Å². The number of ether oxygens (including phenoxy) is 1. The van der Waals surface area contributed by atoms with E-state index in [0.717, 1.165) is 18.1 Å². The highest BCUT2D eigenvalue weighted by atomic mass is 32.2. The van der Waals surface area contributed by atoms with Gasteiger partial charge in [0.15, 0.2) is 0 Å². The number of thioether (sulfide) groups is 1. The summed E-state index contributed by atoms with van der Waals surface area (Å²) in [6.45, 7) is 5.41. The molecule has 1 aromatic carbocycles. The molecule has 3 nitrogen and oxygen atoms in total. The third-order valence-electron chi connectivity index (χ3n) is 3.88. The molecule has 1 atom stereocenters. The van der Waals surface area contributed by atoms with Crippen LogP contribution in [0, 0.1) is 0 Å². The number of fused-ring (bicyclic) bond motifs is 3. The van der Waals surface area contributed by atoms with Crippen LogP contribution in [0.15, 0.2) is 24.3 Å². The van der Waals surface area contributed by atoms with Crippen molar-refractivity contribution in [3.05, 3.63) is 35.5 Å². The smallest absolute Gasteiger partial charge is 0.314 e. The summed E-state index contributed by atoms with van der Waals surface area (Å²) in [7, 11) is 0. The van der Waals surface area contributed by atoms with Crippen molar-refractivity contribution in [2.24, 2.45) is 0 Å². The molecule has 106 valence electrons. The van der Waals surface area contributed by atoms with E-state index in [1.807, 2.05) is 24.8 Å². The summed E-state index contributed by atoms with van der Waals surface area (Å²) in [5, 5.41) is 1.21. The molecule has 1 unspecified atom stereocenters. The Bertz CT molecular complexity index is 647. The van der Waals surface area contributed by atoms with Crippen molar-refractivity contribution >= 4 is 28.6 Å². The second-order valence-electron chi connectivity index (χ2n) is 4.94. The average Bonchev–Trinajstić information content (AvgIpc) is 2.81. The molecule has 0 fully saturated rings. The molecule has 2 aromatic rings. The van der Waals surface area contributed by atoms with Gasteiger partial charge in [0.2, 0.25) is 0 Å². The van der Waals surface area contributed by atoms with Crippen molar-refractivity contribution in [3.8, 4) is 0 Å². The molecule has 4 heteroatoms. The minimum Gasteiger partial charge on any atom is -0.465 e. The zero-order valence-electron chi connectivity index (χ0n) is 11.9.